The maximum atomic E-state index is 5.99. The average Bonchev–Trinajstić information content (AvgIpc) is 2.34. The number of nitrogens with one attached hydrogen (secondary N) is 1. The van der Waals surface area contributed by atoms with Crippen molar-refractivity contribution in [2.24, 2.45) is 0 Å². The van der Waals surface area contributed by atoms with E-state index in [1.54, 1.807) is 7.11 Å². The van der Waals surface area contributed by atoms with Gasteiger partial charge < -0.3 is 14.8 Å². The Hall–Kier alpha value is -1.48. The first-order valence-corrected chi connectivity index (χ1v) is 6.74. The van der Waals surface area contributed by atoms with Gasteiger partial charge in [0.15, 0.2) is 11.5 Å². The smallest absolute Gasteiger partial charge is 0.169 e. The summed E-state index contributed by atoms with van der Waals surface area (Å²) in [5.74, 6) is 1.64. The summed E-state index contributed by atoms with van der Waals surface area (Å²) in [6.07, 6.45) is 4.19. The van der Waals surface area contributed by atoms with Gasteiger partial charge >= 0.3 is 0 Å². The monoisotopic (exact) mass is 261 g/mol. The molecule has 2 rings (SSSR count). The molecular weight excluding hydrogens is 238 g/mol. The van der Waals surface area contributed by atoms with E-state index in [4.69, 9.17) is 9.47 Å². The van der Waals surface area contributed by atoms with E-state index in [9.17, 15) is 0 Å². The van der Waals surface area contributed by atoms with Crippen molar-refractivity contribution in [2.45, 2.75) is 45.9 Å². The van der Waals surface area contributed by atoms with Gasteiger partial charge in [0.05, 0.1) is 7.11 Å². The first-order chi connectivity index (χ1) is 8.91. The Morgan fingerprint density at radius 3 is 2.68 bits per heavy atom. The lowest BCUT2D eigenvalue weighted by Gasteiger charge is -2.29. The molecule has 3 nitrogen and oxygen atoms in total. The van der Waals surface area contributed by atoms with Crippen LogP contribution < -0.4 is 14.8 Å². The summed E-state index contributed by atoms with van der Waals surface area (Å²) >= 11 is 0. The molecule has 0 fully saturated rings. The SMILES string of the molecule is COc1cc(CNC(C)C)cc2c1OC(C)(C)C=C2. The van der Waals surface area contributed by atoms with Gasteiger partial charge in [-0.2, -0.15) is 0 Å². The molecule has 1 aliphatic rings. The molecule has 0 unspecified atom stereocenters. The molecule has 104 valence electrons. The van der Waals surface area contributed by atoms with Gasteiger partial charge in [-0.25, -0.2) is 0 Å². The number of benzene rings is 1. The van der Waals surface area contributed by atoms with Gasteiger partial charge in [-0.15, -0.1) is 0 Å². The van der Waals surface area contributed by atoms with Gasteiger partial charge in [-0.3, -0.25) is 0 Å². The van der Waals surface area contributed by atoms with E-state index in [2.05, 4.69) is 37.4 Å². The molecule has 0 saturated heterocycles. The van der Waals surface area contributed by atoms with Crippen LogP contribution in [0.3, 0.4) is 0 Å². The molecule has 0 aliphatic carbocycles. The fraction of sp³-hybridized carbons (Fsp3) is 0.500. The van der Waals surface area contributed by atoms with Gasteiger partial charge in [0, 0.05) is 18.2 Å². The summed E-state index contributed by atoms with van der Waals surface area (Å²) in [6, 6.07) is 4.66. The van der Waals surface area contributed by atoms with Crippen LogP contribution in [0.1, 0.15) is 38.8 Å². The van der Waals surface area contributed by atoms with E-state index in [0.29, 0.717) is 6.04 Å². The van der Waals surface area contributed by atoms with Crippen LogP contribution in [0.4, 0.5) is 0 Å². The quantitative estimate of drug-likeness (QED) is 0.901. The fourth-order valence-electron chi connectivity index (χ4n) is 2.08. The summed E-state index contributed by atoms with van der Waals surface area (Å²) in [5.41, 5.74) is 2.01. The minimum absolute atomic E-state index is 0.280. The summed E-state index contributed by atoms with van der Waals surface area (Å²) < 4.78 is 11.5. The van der Waals surface area contributed by atoms with E-state index in [-0.39, 0.29) is 5.60 Å². The third-order valence-corrected chi connectivity index (χ3v) is 3.11. The summed E-state index contributed by atoms with van der Waals surface area (Å²) in [6.45, 7) is 9.20. The lowest BCUT2D eigenvalue weighted by Crippen LogP contribution is -2.28. The molecule has 1 N–H and O–H groups in total. The molecule has 3 heteroatoms. The van der Waals surface area contributed by atoms with Crippen molar-refractivity contribution in [1.82, 2.24) is 5.32 Å². The van der Waals surface area contributed by atoms with Gasteiger partial charge in [-0.1, -0.05) is 19.9 Å². The number of ether oxygens (including phenoxy) is 2. The van der Waals surface area contributed by atoms with Crippen LogP contribution in [-0.2, 0) is 6.54 Å². The molecule has 0 radical (unpaired) electrons. The molecule has 0 saturated carbocycles. The highest BCUT2D eigenvalue weighted by Gasteiger charge is 2.24. The highest BCUT2D eigenvalue weighted by molar-refractivity contribution is 5.66. The molecule has 0 atom stereocenters. The van der Waals surface area contributed by atoms with E-state index in [1.165, 1.54) is 5.56 Å². The highest BCUT2D eigenvalue weighted by Crippen LogP contribution is 2.39. The van der Waals surface area contributed by atoms with Crippen molar-refractivity contribution >= 4 is 6.08 Å². The molecule has 0 amide bonds. The number of hydrogen-bond donors (Lipinski definition) is 1. The minimum Gasteiger partial charge on any atom is -0.493 e. The molecule has 0 bridgehead atoms. The standard InChI is InChI=1S/C16H23NO2/c1-11(2)17-10-12-8-13-6-7-16(3,4)19-15(13)14(9-12)18-5/h6-9,11,17H,10H2,1-5H3. The second-order valence-electron chi connectivity index (χ2n) is 5.79. The first-order valence-electron chi connectivity index (χ1n) is 6.74. The molecule has 1 aliphatic heterocycles. The number of fused-ring (bicyclic) bond motifs is 1. The van der Waals surface area contributed by atoms with Crippen LogP contribution in [0.15, 0.2) is 18.2 Å². The van der Waals surface area contributed by atoms with Crippen LogP contribution in [0.25, 0.3) is 6.08 Å². The van der Waals surface area contributed by atoms with Crippen LogP contribution >= 0.6 is 0 Å². The van der Waals surface area contributed by atoms with Crippen molar-refractivity contribution in [3.63, 3.8) is 0 Å². The maximum absolute atomic E-state index is 5.99. The fourth-order valence-corrected chi connectivity index (χ4v) is 2.08. The van der Waals surface area contributed by atoms with Crippen LogP contribution in [-0.4, -0.2) is 18.8 Å². The van der Waals surface area contributed by atoms with Crippen LogP contribution in [0.2, 0.25) is 0 Å². The largest absolute Gasteiger partial charge is 0.493 e. The molecular formula is C16H23NO2. The van der Waals surface area contributed by atoms with Crippen LogP contribution in [0, 0.1) is 0 Å². The third-order valence-electron chi connectivity index (χ3n) is 3.11. The molecule has 0 aromatic heterocycles. The Morgan fingerprint density at radius 2 is 2.05 bits per heavy atom. The number of rotatable bonds is 4. The van der Waals surface area contributed by atoms with E-state index in [1.807, 2.05) is 19.9 Å². The lowest BCUT2D eigenvalue weighted by molar-refractivity contribution is 0.152. The molecule has 1 aromatic carbocycles. The molecule has 19 heavy (non-hydrogen) atoms. The van der Waals surface area contributed by atoms with E-state index >= 15 is 0 Å². The normalized spacial score (nSPS) is 16.1. The predicted molar refractivity (Wildman–Crippen MR) is 78.7 cm³/mol. The first kappa shape index (κ1) is 13.9. The zero-order valence-corrected chi connectivity index (χ0v) is 12.4. The van der Waals surface area contributed by atoms with E-state index < -0.39 is 0 Å². The van der Waals surface area contributed by atoms with Crippen molar-refractivity contribution in [2.75, 3.05) is 7.11 Å². The average molecular weight is 261 g/mol. The number of methoxy groups -OCH3 is 1. The second-order valence-corrected chi connectivity index (χ2v) is 5.79. The van der Waals surface area contributed by atoms with Gasteiger partial charge in [0.25, 0.3) is 0 Å². The topological polar surface area (TPSA) is 30.5 Å². The van der Waals surface area contributed by atoms with Crippen molar-refractivity contribution < 1.29 is 9.47 Å². The maximum Gasteiger partial charge on any atom is 0.169 e. The Balaban J connectivity index is 2.33. The molecule has 1 heterocycles. The molecule has 1 aromatic rings. The Labute approximate surface area is 115 Å². The third kappa shape index (κ3) is 3.29. The predicted octanol–water partition coefficient (Wildman–Crippen LogP) is 3.38. The Kier molecular flexibility index (Phi) is 3.85. The van der Waals surface area contributed by atoms with Gasteiger partial charge in [0.2, 0.25) is 0 Å². The van der Waals surface area contributed by atoms with E-state index in [0.717, 1.165) is 23.6 Å². The second kappa shape index (κ2) is 5.25. The summed E-state index contributed by atoms with van der Waals surface area (Å²) in [7, 11) is 1.68. The van der Waals surface area contributed by atoms with Gasteiger partial charge in [-0.05, 0) is 37.6 Å². The summed E-state index contributed by atoms with van der Waals surface area (Å²) in [5, 5.41) is 3.42. The Morgan fingerprint density at radius 1 is 1.32 bits per heavy atom. The minimum atomic E-state index is -0.280. The van der Waals surface area contributed by atoms with Gasteiger partial charge in [0.1, 0.15) is 5.60 Å². The van der Waals surface area contributed by atoms with Crippen molar-refractivity contribution in [3.8, 4) is 11.5 Å². The number of hydrogen-bond acceptors (Lipinski definition) is 3. The van der Waals surface area contributed by atoms with Crippen LogP contribution in [0.5, 0.6) is 11.5 Å². The van der Waals surface area contributed by atoms with Crippen molar-refractivity contribution in [3.05, 3.63) is 29.3 Å². The summed E-state index contributed by atoms with van der Waals surface area (Å²) in [4.78, 5) is 0. The van der Waals surface area contributed by atoms with Crippen molar-refractivity contribution in [1.29, 1.82) is 0 Å². The zero-order chi connectivity index (χ0) is 14.0. The lowest BCUT2D eigenvalue weighted by atomic mass is 10.00. The Bertz CT molecular complexity index is 490. The molecule has 0 spiro atoms. The highest BCUT2D eigenvalue weighted by atomic mass is 16.5. The zero-order valence-electron chi connectivity index (χ0n) is 12.4.